The van der Waals surface area contributed by atoms with Crippen molar-refractivity contribution in [3.8, 4) is 0 Å². The lowest BCUT2D eigenvalue weighted by Gasteiger charge is -2.20. The molecule has 0 spiro atoms. The van der Waals surface area contributed by atoms with Crippen molar-refractivity contribution in [1.82, 2.24) is 10.6 Å². The van der Waals surface area contributed by atoms with Crippen LogP contribution in [-0.2, 0) is 4.79 Å². The maximum atomic E-state index is 11.9. The van der Waals surface area contributed by atoms with Gasteiger partial charge in [0.15, 0.2) is 0 Å². The number of aliphatic hydroxyl groups excluding tert-OH is 1. The number of carbonyl (C=O) groups is 1. The molecule has 1 aromatic rings. The Balaban J connectivity index is 0.00000200. The molecule has 0 saturated carbocycles. The molecule has 1 saturated heterocycles. The lowest BCUT2D eigenvalue weighted by molar-refractivity contribution is -0.125. The van der Waals surface area contributed by atoms with Crippen molar-refractivity contribution in [3.63, 3.8) is 0 Å². The highest BCUT2D eigenvalue weighted by Gasteiger charge is 2.24. The number of hydrogen-bond donors (Lipinski definition) is 3. The Morgan fingerprint density at radius 2 is 2.15 bits per heavy atom. The number of amides is 1. The van der Waals surface area contributed by atoms with Crippen LogP contribution < -0.4 is 10.6 Å². The third-order valence-corrected chi connectivity index (χ3v) is 3.58. The van der Waals surface area contributed by atoms with Gasteiger partial charge >= 0.3 is 0 Å². The number of rotatable bonds is 5. The highest BCUT2D eigenvalue weighted by Crippen LogP contribution is 2.18. The molecule has 1 aliphatic heterocycles. The van der Waals surface area contributed by atoms with E-state index in [1.807, 2.05) is 37.3 Å². The summed E-state index contributed by atoms with van der Waals surface area (Å²) in [5.41, 5.74) is 0.895. The third-order valence-electron chi connectivity index (χ3n) is 3.58. The lowest BCUT2D eigenvalue weighted by atomic mass is 10.0. The fraction of sp³-hybridized carbons (Fsp3) is 0.533. The molecule has 2 rings (SSSR count). The first-order valence-corrected chi connectivity index (χ1v) is 6.91. The second-order valence-electron chi connectivity index (χ2n) is 5.26. The molecule has 20 heavy (non-hydrogen) atoms. The van der Waals surface area contributed by atoms with Crippen LogP contribution >= 0.6 is 12.4 Å². The zero-order valence-corrected chi connectivity index (χ0v) is 12.5. The average Bonchev–Trinajstić information content (AvgIpc) is 2.93. The fourth-order valence-electron chi connectivity index (χ4n) is 2.44. The van der Waals surface area contributed by atoms with Gasteiger partial charge in [-0.1, -0.05) is 30.3 Å². The molecule has 1 aliphatic rings. The van der Waals surface area contributed by atoms with Gasteiger partial charge in [-0.25, -0.2) is 0 Å². The molecule has 3 unspecified atom stereocenters. The molecule has 0 aromatic heterocycles. The lowest BCUT2D eigenvalue weighted by Crippen LogP contribution is -2.38. The summed E-state index contributed by atoms with van der Waals surface area (Å²) in [4.78, 5) is 11.9. The quantitative estimate of drug-likeness (QED) is 0.774. The van der Waals surface area contributed by atoms with Crippen LogP contribution in [0.3, 0.4) is 0 Å². The van der Waals surface area contributed by atoms with E-state index in [0.717, 1.165) is 25.1 Å². The molecule has 0 aliphatic carbocycles. The zero-order chi connectivity index (χ0) is 13.7. The van der Waals surface area contributed by atoms with Gasteiger partial charge in [0.25, 0.3) is 0 Å². The van der Waals surface area contributed by atoms with E-state index in [1.54, 1.807) is 0 Å². The van der Waals surface area contributed by atoms with Crippen molar-refractivity contribution in [3.05, 3.63) is 35.9 Å². The van der Waals surface area contributed by atoms with Crippen LogP contribution in [0.4, 0.5) is 0 Å². The van der Waals surface area contributed by atoms with Crippen molar-refractivity contribution >= 4 is 18.3 Å². The van der Waals surface area contributed by atoms with E-state index in [-0.39, 0.29) is 30.3 Å². The van der Waals surface area contributed by atoms with Crippen molar-refractivity contribution in [2.75, 3.05) is 13.1 Å². The summed E-state index contributed by atoms with van der Waals surface area (Å²) in [6.07, 6.45) is 0.911. The summed E-state index contributed by atoms with van der Waals surface area (Å²) >= 11 is 0. The minimum atomic E-state index is -0.529. The Labute approximate surface area is 126 Å². The highest BCUT2D eigenvalue weighted by molar-refractivity contribution is 5.85. The average molecular weight is 299 g/mol. The highest BCUT2D eigenvalue weighted by atomic mass is 35.5. The Morgan fingerprint density at radius 1 is 1.45 bits per heavy atom. The van der Waals surface area contributed by atoms with Crippen LogP contribution in [0.25, 0.3) is 0 Å². The Hall–Kier alpha value is -1.10. The van der Waals surface area contributed by atoms with E-state index < -0.39 is 6.10 Å². The monoisotopic (exact) mass is 298 g/mol. The SMILES string of the molecule is CC(CC(O)c1ccccc1)NC(=O)C1CCNC1.Cl. The molecule has 3 atom stereocenters. The van der Waals surface area contributed by atoms with Crippen molar-refractivity contribution < 1.29 is 9.90 Å². The maximum absolute atomic E-state index is 11.9. The first-order chi connectivity index (χ1) is 9.16. The van der Waals surface area contributed by atoms with Gasteiger partial charge in [-0.05, 0) is 31.9 Å². The van der Waals surface area contributed by atoms with E-state index >= 15 is 0 Å². The normalized spacial score (nSPS) is 20.8. The molecule has 0 radical (unpaired) electrons. The second-order valence-corrected chi connectivity index (χ2v) is 5.26. The van der Waals surface area contributed by atoms with Crippen LogP contribution in [0.5, 0.6) is 0 Å². The van der Waals surface area contributed by atoms with E-state index in [4.69, 9.17) is 0 Å². The fourth-order valence-corrected chi connectivity index (χ4v) is 2.44. The Morgan fingerprint density at radius 3 is 2.75 bits per heavy atom. The molecule has 1 heterocycles. The number of nitrogens with one attached hydrogen (secondary N) is 2. The number of aliphatic hydroxyl groups is 1. The number of hydrogen-bond acceptors (Lipinski definition) is 3. The Kier molecular flexibility index (Phi) is 6.99. The van der Waals surface area contributed by atoms with Crippen molar-refractivity contribution in [2.24, 2.45) is 5.92 Å². The van der Waals surface area contributed by atoms with E-state index in [0.29, 0.717) is 6.42 Å². The molecule has 4 nitrogen and oxygen atoms in total. The van der Waals surface area contributed by atoms with Gasteiger partial charge in [0.2, 0.25) is 5.91 Å². The summed E-state index contributed by atoms with van der Waals surface area (Å²) in [6, 6.07) is 9.52. The van der Waals surface area contributed by atoms with Gasteiger partial charge in [0.1, 0.15) is 0 Å². The summed E-state index contributed by atoms with van der Waals surface area (Å²) in [5.74, 6) is 0.175. The molecule has 1 fully saturated rings. The van der Waals surface area contributed by atoms with Crippen LogP contribution in [0.15, 0.2) is 30.3 Å². The van der Waals surface area contributed by atoms with Gasteiger partial charge in [-0.2, -0.15) is 0 Å². The summed E-state index contributed by atoms with van der Waals surface area (Å²) in [6.45, 7) is 3.62. The van der Waals surface area contributed by atoms with Crippen LogP contribution in [0, 0.1) is 5.92 Å². The topological polar surface area (TPSA) is 61.4 Å². The maximum Gasteiger partial charge on any atom is 0.224 e. The molecule has 5 heteroatoms. The molecule has 1 amide bonds. The number of benzene rings is 1. The molecular formula is C15H23ClN2O2. The molecule has 3 N–H and O–H groups in total. The van der Waals surface area contributed by atoms with E-state index in [2.05, 4.69) is 10.6 Å². The second kappa shape index (κ2) is 8.25. The predicted molar refractivity (Wildman–Crippen MR) is 81.8 cm³/mol. The standard InChI is InChI=1S/C15H22N2O2.ClH/c1-11(17-15(19)13-7-8-16-10-13)9-14(18)12-5-3-2-4-6-12;/h2-6,11,13-14,16,18H,7-10H2,1H3,(H,17,19);1H. The van der Waals surface area contributed by atoms with Crippen LogP contribution in [0.2, 0.25) is 0 Å². The summed E-state index contributed by atoms with van der Waals surface area (Å²) in [5, 5.41) is 16.3. The van der Waals surface area contributed by atoms with Gasteiger partial charge in [-0.3, -0.25) is 4.79 Å². The third kappa shape index (κ3) is 4.78. The van der Waals surface area contributed by atoms with Crippen LogP contribution in [0.1, 0.15) is 31.4 Å². The number of halogens is 1. The minimum Gasteiger partial charge on any atom is -0.388 e. The predicted octanol–water partition coefficient (Wildman–Crippen LogP) is 1.65. The van der Waals surface area contributed by atoms with E-state index in [1.165, 1.54) is 0 Å². The number of carbonyl (C=O) groups excluding carboxylic acids is 1. The van der Waals surface area contributed by atoms with Crippen LogP contribution in [-0.4, -0.2) is 30.1 Å². The smallest absolute Gasteiger partial charge is 0.224 e. The van der Waals surface area contributed by atoms with Gasteiger partial charge in [-0.15, -0.1) is 12.4 Å². The molecule has 112 valence electrons. The first-order valence-electron chi connectivity index (χ1n) is 6.91. The molecular weight excluding hydrogens is 276 g/mol. The van der Waals surface area contributed by atoms with E-state index in [9.17, 15) is 9.90 Å². The minimum absolute atomic E-state index is 0. The summed E-state index contributed by atoms with van der Waals surface area (Å²) < 4.78 is 0. The zero-order valence-electron chi connectivity index (χ0n) is 11.7. The van der Waals surface area contributed by atoms with Gasteiger partial charge in [0, 0.05) is 12.6 Å². The van der Waals surface area contributed by atoms with Crippen molar-refractivity contribution in [1.29, 1.82) is 0 Å². The largest absolute Gasteiger partial charge is 0.388 e. The van der Waals surface area contributed by atoms with Gasteiger partial charge < -0.3 is 15.7 Å². The molecule has 1 aromatic carbocycles. The van der Waals surface area contributed by atoms with Crippen molar-refractivity contribution in [2.45, 2.75) is 31.9 Å². The Bertz CT molecular complexity index is 408. The summed E-state index contributed by atoms with van der Waals surface area (Å²) in [7, 11) is 0. The molecule has 0 bridgehead atoms. The van der Waals surface area contributed by atoms with Gasteiger partial charge in [0.05, 0.1) is 12.0 Å². The first kappa shape index (κ1) is 17.0.